The summed E-state index contributed by atoms with van der Waals surface area (Å²) >= 11 is 0. The summed E-state index contributed by atoms with van der Waals surface area (Å²) < 4.78 is 0. The highest BCUT2D eigenvalue weighted by Gasteiger charge is 2.26. The zero-order valence-electron chi connectivity index (χ0n) is 11.2. The van der Waals surface area contributed by atoms with Crippen LogP contribution in [0.3, 0.4) is 0 Å². The Morgan fingerprint density at radius 1 is 1.07 bits per heavy atom. The number of rotatable bonds is 5. The van der Waals surface area contributed by atoms with Gasteiger partial charge in [-0.3, -0.25) is 0 Å². The standard InChI is InChI=1S/C13H29N/c1-8-9-11(2)13(6,7)10-14-12(3,4)5/h11,14H,8-10H2,1-7H3. The SMILES string of the molecule is CCCC(C)C(C)(C)CNC(C)(C)C. The summed E-state index contributed by atoms with van der Waals surface area (Å²) in [4.78, 5) is 0. The maximum Gasteiger partial charge on any atom is 0.00967 e. The first-order chi connectivity index (χ1) is 6.19. The van der Waals surface area contributed by atoms with E-state index in [1.807, 2.05) is 0 Å². The molecule has 86 valence electrons. The van der Waals surface area contributed by atoms with Gasteiger partial charge in [-0.1, -0.05) is 40.5 Å². The highest BCUT2D eigenvalue weighted by molar-refractivity contribution is 4.81. The van der Waals surface area contributed by atoms with Crippen LogP contribution in [-0.2, 0) is 0 Å². The van der Waals surface area contributed by atoms with Crippen LogP contribution in [-0.4, -0.2) is 12.1 Å². The molecule has 1 heteroatoms. The highest BCUT2D eigenvalue weighted by atomic mass is 15.0. The first kappa shape index (κ1) is 14.0. The fourth-order valence-electron chi connectivity index (χ4n) is 1.49. The molecule has 1 atom stereocenters. The predicted octanol–water partition coefficient (Wildman–Crippen LogP) is 3.84. The van der Waals surface area contributed by atoms with Gasteiger partial charge < -0.3 is 5.32 Å². The van der Waals surface area contributed by atoms with Crippen molar-refractivity contribution < 1.29 is 0 Å². The summed E-state index contributed by atoms with van der Waals surface area (Å²) in [5, 5.41) is 3.60. The van der Waals surface area contributed by atoms with Crippen molar-refractivity contribution in [1.29, 1.82) is 0 Å². The average Bonchev–Trinajstić information content (AvgIpc) is 2.00. The minimum absolute atomic E-state index is 0.239. The smallest absolute Gasteiger partial charge is 0.00967 e. The van der Waals surface area contributed by atoms with Crippen molar-refractivity contribution in [1.82, 2.24) is 5.32 Å². The van der Waals surface area contributed by atoms with E-state index in [4.69, 9.17) is 0 Å². The summed E-state index contributed by atoms with van der Waals surface area (Å²) in [6, 6.07) is 0. The Balaban J connectivity index is 4.06. The van der Waals surface area contributed by atoms with E-state index in [0.717, 1.165) is 12.5 Å². The van der Waals surface area contributed by atoms with Crippen LogP contribution in [0.1, 0.15) is 61.3 Å². The van der Waals surface area contributed by atoms with E-state index in [0.29, 0.717) is 5.41 Å². The van der Waals surface area contributed by atoms with E-state index >= 15 is 0 Å². The molecule has 1 unspecified atom stereocenters. The Morgan fingerprint density at radius 3 is 1.93 bits per heavy atom. The van der Waals surface area contributed by atoms with Gasteiger partial charge in [-0.05, 0) is 32.1 Å². The third-order valence-corrected chi connectivity index (χ3v) is 3.13. The van der Waals surface area contributed by atoms with E-state index in [1.54, 1.807) is 0 Å². The van der Waals surface area contributed by atoms with Crippen LogP contribution in [0, 0.1) is 11.3 Å². The molecule has 0 bridgehead atoms. The summed E-state index contributed by atoms with van der Waals surface area (Å²) in [6.45, 7) is 17.2. The molecule has 0 heterocycles. The molecule has 0 rings (SSSR count). The summed E-state index contributed by atoms with van der Waals surface area (Å²) in [5.74, 6) is 0.794. The van der Waals surface area contributed by atoms with E-state index in [1.165, 1.54) is 12.8 Å². The summed E-state index contributed by atoms with van der Waals surface area (Å²) in [7, 11) is 0. The minimum Gasteiger partial charge on any atom is -0.312 e. The topological polar surface area (TPSA) is 12.0 Å². The lowest BCUT2D eigenvalue weighted by Crippen LogP contribution is -2.44. The summed E-state index contributed by atoms with van der Waals surface area (Å²) in [5.41, 5.74) is 0.645. The van der Waals surface area contributed by atoms with Crippen LogP contribution in [0.15, 0.2) is 0 Å². The number of hydrogen-bond acceptors (Lipinski definition) is 1. The van der Waals surface area contributed by atoms with Crippen molar-refractivity contribution in [2.24, 2.45) is 11.3 Å². The molecule has 1 N–H and O–H groups in total. The van der Waals surface area contributed by atoms with Gasteiger partial charge in [-0.25, -0.2) is 0 Å². The molecule has 1 nitrogen and oxygen atoms in total. The van der Waals surface area contributed by atoms with Crippen LogP contribution < -0.4 is 5.32 Å². The zero-order chi connectivity index (χ0) is 11.4. The molecule has 0 radical (unpaired) electrons. The Labute approximate surface area is 90.7 Å². The Kier molecular flexibility index (Phi) is 5.14. The summed E-state index contributed by atoms with van der Waals surface area (Å²) in [6.07, 6.45) is 2.62. The third kappa shape index (κ3) is 5.64. The maximum absolute atomic E-state index is 3.60. The van der Waals surface area contributed by atoms with Crippen LogP contribution in [0.5, 0.6) is 0 Å². The first-order valence-electron chi connectivity index (χ1n) is 5.94. The van der Waals surface area contributed by atoms with E-state index in [-0.39, 0.29) is 5.54 Å². The van der Waals surface area contributed by atoms with E-state index in [2.05, 4.69) is 53.8 Å². The van der Waals surface area contributed by atoms with Gasteiger partial charge in [0.25, 0.3) is 0 Å². The van der Waals surface area contributed by atoms with E-state index < -0.39 is 0 Å². The third-order valence-electron chi connectivity index (χ3n) is 3.13. The molecule has 0 amide bonds. The molecule has 0 saturated carbocycles. The normalized spacial score (nSPS) is 15.6. The second kappa shape index (κ2) is 5.16. The zero-order valence-corrected chi connectivity index (χ0v) is 11.2. The van der Waals surface area contributed by atoms with Gasteiger partial charge in [0.2, 0.25) is 0 Å². The quantitative estimate of drug-likeness (QED) is 0.709. The fraction of sp³-hybridized carbons (Fsp3) is 1.00. The minimum atomic E-state index is 0.239. The lowest BCUT2D eigenvalue weighted by atomic mass is 9.77. The van der Waals surface area contributed by atoms with Crippen LogP contribution in [0.2, 0.25) is 0 Å². The molecular weight excluding hydrogens is 170 g/mol. The van der Waals surface area contributed by atoms with Crippen LogP contribution >= 0.6 is 0 Å². The molecule has 0 aliphatic rings. The maximum atomic E-state index is 3.60. The first-order valence-corrected chi connectivity index (χ1v) is 5.94. The molecule has 0 aliphatic heterocycles. The Morgan fingerprint density at radius 2 is 1.57 bits per heavy atom. The van der Waals surface area contributed by atoms with Gasteiger partial charge in [0.15, 0.2) is 0 Å². The molecule has 0 aromatic rings. The molecule has 0 saturated heterocycles. The van der Waals surface area contributed by atoms with Crippen molar-refractivity contribution in [3.63, 3.8) is 0 Å². The molecule has 0 fully saturated rings. The van der Waals surface area contributed by atoms with Gasteiger partial charge in [0, 0.05) is 12.1 Å². The Bertz CT molecular complexity index is 153. The molecule has 0 aliphatic carbocycles. The average molecular weight is 199 g/mol. The monoisotopic (exact) mass is 199 g/mol. The van der Waals surface area contributed by atoms with Crippen LogP contribution in [0.4, 0.5) is 0 Å². The van der Waals surface area contributed by atoms with Gasteiger partial charge in [-0.2, -0.15) is 0 Å². The van der Waals surface area contributed by atoms with Crippen LogP contribution in [0.25, 0.3) is 0 Å². The van der Waals surface area contributed by atoms with Crippen molar-refractivity contribution >= 4 is 0 Å². The number of nitrogens with one attached hydrogen (secondary N) is 1. The van der Waals surface area contributed by atoms with Gasteiger partial charge >= 0.3 is 0 Å². The van der Waals surface area contributed by atoms with Gasteiger partial charge in [0.05, 0.1) is 0 Å². The van der Waals surface area contributed by atoms with Crippen molar-refractivity contribution in [3.05, 3.63) is 0 Å². The second-order valence-corrected chi connectivity index (χ2v) is 6.28. The lowest BCUT2D eigenvalue weighted by Gasteiger charge is -2.35. The van der Waals surface area contributed by atoms with Crippen molar-refractivity contribution in [2.75, 3.05) is 6.54 Å². The molecule has 0 spiro atoms. The number of hydrogen-bond donors (Lipinski definition) is 1. The molecule has 14 heavy (non-hydrogen) atoms. The van der Waals surface area contributed by atoms with Crippen molar-refractivity contribution in [3.8, 4) is 0 Å². The second-order valence-electron chi connectivity index (χ2n) is 6.28. The van der Waals surface area contributed by atoms with Gasteiger partial charge in [-0.15, -0.1) is 0 Å². The van der Waals surface area contributed by atoms with Gasteiger partial charge in [0.1, 0.15) is 0 Å². The lowest BCUT2D eigenvalue weighted by molar-refractivity contribution is 0.190. The molecule has 0 aromatic carbocycles. The fourth-order valence-corrected chi connectivity index (χ4v) is 1.49. The Hall–Kier alpha value is -0.0400. The molecular formula is C13H29N. The predicted molar refractivity (Wildman–Crippen MR) is 65.6 cm³/mol. The largest absolute Gasteiger partial charge is 0.312 e. The van der Waals surface area contributed by atoms with E-state index in [9.17, 15) is 0 Å². The highest BCUT2D eigenvalue weighted by Crippen LogP contribution is 2.29. The van der Waals surface area contributed by atoms with Crippen molar-refractivity contribution in [2.45, 2.75) is 66.8 Å². The molecule has 0 aromatic heterocycles.